The Morgan fingerprint density at radius 2 is 1.66 bits per heavy atom. The van der Waals surface area contributed by atoms with Gasteiger partial charge in [-0.15, -0.1) is 0 Å². The molecule has 0 fully saturated rings. The number of anilines is 1. The molecule has 1 amide bonds. The number of carbonyl (C=O) groups is 1. The highest BCUT2D eigenvalue weighted by Crippen LogP contribution is 2.30. The summed E-state index contributed by atoms with van der Waals surface area (Å²) in [6.07, 6.45) is 1.60. The van der Waals surface area contributed by atoms with Crippen molar-refractivity contribution in [2.24, 2.45) is 0 Å². The largest absolute Gasteiger partial charge is 0.487 e. The van der Waals surface area contributed by atoms with E-state index in [-0.39, 0.29) is 5.57 Å². The zero-order valence-electron chi connectivity index (χ0n) is 18.0. The van der Waals surface area contributed by atoms with E-state index in [0.717, 1.165) is 35.1 Å². The molecule has 32 heavy (non-hydrogen) atoms. The molecule has 0 unspecified atom stereocenters. The van der Waals surface area contributed by atoms with Crippen LogP contribution in [0.4, 0.5) is 5.69 Å². The molecule has 0 aliphatic rings. The Kier molecular flexibility index (Phi) is 8.32. The van der Waals surface area contributed by atoms with E-state index in [1.807, 2.05) is 50.2 Å². The summed E-state index contributed by atoms with van der Waals surface area (Å²) >= 11 is 4.44. The van der Waals surface area contributed by atoms with Crippen LogP contribution in [-0.2, 0) is 11.4 Å². The number of nitriles is 1. The van der Waals surface area contributed by atoms with Crippen molar-refractivity contribution in [1.29, 1.82) is 5.26 Å². The molecule has 6 heteroatoms. The first kappa shape index (κ1) is 24.3. The molecule has 0 bridgehead atoms. The van der Waals surface area contributed by atoms with Crippen LogP contribution in [0.3, 0.4) is 0 Å². The lowest BCUT2D eigenvalue weighted by molar-refractivity contribution is -0.112. The van der Waals surface area contributed by atoms with Gasteiger partial charge in [-0.1, -0.05) is 35.9 Å². The van der Waals surface area contributed by atoms with E-state index in [1.165, 1.54) is 5.56 Å². The first-order valence-corrected chi connectivity index (χ1v) is 12.1. The Hall–Kier alpha value is -2.38. The molecule has 0 saturated carbocycles. The summed E-state index contributed by atoms with van der Waals surface area (Å²) in [5.41, 5.74) is 6.02. The van der Waals surface area contributed by atoms with Crippen LogP contribution >= 0.6 is 45.2 Å². The summed E-state index contributed by atoms with van der Waals surface area (Å²) in [4.78, 5) is 12.6. The molecule has 0 heterocycles. The smallest absolute Gasteiger partial charge is 0.266 e. The number of hydrogen-bond donors (Lipinski definition) is 1. The number of hydrogen-bond acceptors (Lipinski definition) is 3. The normalized spacial score (nSPS) is 11.1. The predicted octanol–water partition coefficient (Wildman–Crippen LogP) is 6.95. The third-order valence-electron chi connectivity index (χ3n) is 4.97. The van der Waals surface area contributed by atoms with Gasteiger partial charge in [-0.25, -0.2) is 0 Å². The van der Waals surface area contributed by atoms with Crippen LogP contribution < -0.4 is 10.1 Å². The molecule has 3 aromatic carbocycles. The van der Waals surface area contributed by atoms with Gasteiger partial charge in [0.2, 0.25) is 0 Å². The molecule has 0 aliphatic carbocycles. The van der Waals surface area contributed by atoms with Crippen molar-refractivity contribution in [2.45, 2.75) is 27.4 Å². The minimum absolute atomic E-state index is 0.0446. The third kappa shape index (κ3) is 6.33. The first-order chi connectivity index (χ1) is 15.3. The van der Waals surface area contributed by atoms with Gasteiger partial charge in [0.1, 0.15) is 24.0 Å². The lowest BCUT2D eigenvalue weighted by atomic mass is 10.1. The highest BCUT2D eigenvalue weighted by atomic mass is 127. The van der Waals surface area contributed by atoms with Crippen LogP contribution in [-0.4, -0.2) is 5.91 Å². The van der Waals surface area contributed by atoms with Gasteiger partial charge in [-0.2, -0.15) is 5.26 Å². The van der Waals surface area contributed by atoms with Gasteiger partial charge in [0.15, 0.2) is 0 Å². The third-order valence-corrected chi connectivity index (χ3v) is 6.57. The molecule has 3 aromatic rings. The van der Waals surface area contributed by atoms with Crippen molar-refractivity contribution in [3.05, 3.63) is 95.1 Å². The number of benzene rings is 3. The molecule has 0 aromatic heterocycles. The van der Waals surface area contributed by atoms with E-state index >= 15 is 0 Å². The molecule has 1 N–H and O–H groups in total. The summed E-state index contributed by atoms with van der Waals surface area (Å²) < 4.78 is 7.88. The number of nitrogens with one attached hydrogen (secondary N) is 1. The SMILES string of the molecule is Cc1ccc(COc2c(I)cc(/C=C(\C#N)C(=O)Nc3ccc(C)c(C)c3)cc2I)cc1. The summed E-state index contributed by atoms with van der Waals surface area (Å²) in [5, 5.41) is 12.4. The fourth-order valence-corrected chi connectivity index (χ4v) is 5.10. The van der Waals surface area contributed by atoms with Crippen molar-refractivity contribution in [1.82, 2.24) is 0 Å². The summed E-state index contributed by atoms with van der Waals surface area (Å²) in [6, 6.07) is 19.8. The minimum atomic E-state index is -0.430. The van der Waals surface area contributed by atoms with Gasteiger partial charge in [-0.05, 0) is 119 Å². The second kappa shape index (κ2) is 11.0. The maximum atomic E-state index is 12.6. The van der Waals surface area contributed by atoms with Crippen LogP contribution in [0.25, 0.3) is 6.08 Å². The molecule has 0 radical (unpaired) electrons. The van der Waals surface area contributed by atoms with E-state index < -0.39 is 5.91 Å². The second-order valence-electron chi connectivity index (χ2n) is 7.51. The lowest BCUT2D eigenvalue weighted by Crippen LogP contribution is -2.13. The fraction of sp³-hybridized carbons (Fsp3) is 0.154. The zero-order valence-corrected chi connectivity index (χ0v) is 22.3. The van der Waals surface area contributed by atoms with E-state index in [4.69, 9.17) is 4.74 Å². The highest BCUT2D eigenvalue weighted by Gasteiger charge is 2.13. The maximum Gasteiger partial charge on any atom is 0.266 e. The number of halogens is 2. The number of rotatable bonds is 6. The van der Waals surface area contributed by atoms with Crippen molar-refractivity contribution < 1.29 is 9.53 Å². The Morgan fingerprint density at radius 3 is 2.25 bits per heavy atom. The van der Waals surface area contributed by atoms with E-state index in [0.29, 0.717) is 12.3 Å². The van der Waals surface area contributed by atoms with Crippen molar-refractivity contribution in [3.8, 4) is 11.8 Å². The molecule has 0 aliphatic heterocycles. The average molecular weight is 648 g/mol. The van der Waals surface area contributed by atoms with Crippen LogP contribution in [0.2, 0.25) is 0 Å². The molecular weight excluding hydrogens is 626 g/mol. The van der Waals surface area contributed by atoms with Gasteiger partial charge in [0, 0.05) is 5.69 Å². The molecule has 0 atom stereocenters. The molecule has 0 spiro atoms. The Labute approximate surface area is 216 Å². The number of carbonyl (C=O) groups excluding carboxylic acids is 1. The summed E-state index contributed by atoms with van der Waals surface area (Å²) in [6.45, 7) is 6.53. The molecular formula is C26H22I2N2O2. The molecule has 162 valence electrons. The first-order valence-electron chi connectivity index (χ1n) is 9.94. The average Bonchev–Trinajstić information content (AvgIpc) is 2.75. The monoisotopic (exact) mass is 648 g/mol. The maximum absolute atomic E-state index is 12.6. The second-order valence-corrected chi connectivity index (χ2v) is 9.84. The van der Waals surface area contributed by atoms with Gasteiger partial charge in [0.25, 0.3) is 5.91 Å². The van der Waals surface area contributed by atoms with Crippen LogP contribution in [0.15, 0.2) is 60.2 Å². The van der Waals surface area contributed by atoms with Crippen molar-refractivity contribution >= 4 is 62.9 Å². The number of ether oxygens (including phenoxy) is 1. The molecule has 0 saturated heterocycles. The van der Waals surface area contributed by atoms with Crippen molar-refractivity contribution in [3.63, 3.8) is 0 Å². The Morgan fingerprint density at radius 1 is 1.00 bits per heavy atom. The zero-order chi connectivity index (χ0) is 23.3. The number of nitrogens with zero attached hydrogens (tertiary/aromatic N) is 1. The summed E-state index contributed by atoms with van der Waals surface area (Å²) in [5.74, 6) is 0.363. The topological polar surface area (TPSA) is 62.1 Å². The van der Waals surface area contributed by atoms with Gasteiger partial charge in [0.05, 0.1) is 7.14 Å². The van der Waals surface area contributed by atoms with Crippen LogP contribution in [0, 0.1) is 39.2 Å². The van der Waals surface area contributed by atoms with Crippen LogP contribution in [0.1, 0.15) is 27.8 Å². The highest BCUT2D eigenvalue weighted by molar-refractivity contribution is 14.1. The number of aryl methyl sites for hydroxylation is 3. The Bertz CT molecular complexity index is 1200. The Balaban J connectivity index is 1.77. The van der Waals surface area contributed by atoms with Gasteiger partial charge >= 0.3 is 0 Å². The van der Waals surface area contributed by atoms with Crippen molar-refractivity contribution in [2.75, 3.05) is 5.32 Å². The van der Waals surface area contributed by atoms with Gasteiger partial charge in [-0.3, -0.25) is 4.79 Å². The quantitative estimate of drug-likeness (QED) is 0.179. The summed E-state index contributed by atoms with van der Waals surface area (Å²) in [7, 11) is 0. The standard InChI is InChI=1S/C26H22I2N2O2/c1-16-4-7-19(8-5-16)15-32-25-23(27)12-20(13-24(25)28)11-21(14-29)26(31)30-22-9-6-17(2)18(3)10-22/h4-13H,15H2,1-3H3,(H,30,31)/b21-11+. The predicted molar refractivity (Wildman–Crippen MR) is 146 cm³/mol. The fourth-order valence-electron chi connectivity index (χ4n) is 2.97. The van der Waals surface area contributed by atoms with Gasteiger partial charge < -0.3 is 10.1 Å². The van der Waals surface area contributed by atoms with E-state index in [1.54, 1.807) is 6.08 Å². The van der Waals surface area contributed by atoms with Crippen LogP contribution in [0.5, 0.6) is 5.75 Å². The minimum Gasteiger partial charge on any atom is -0.487 e. The van der Waals surface area contributed by atoms with E-state index in [2.05, 4.69) is 81.7 Å². The molecule has 3 rings (SSSR count). The number of amides is 1. The van der Waals surface area contributed by atoms with E-state index in [9.17, 15) is 10.1 Å². The molecule has 4 nitrogen and oxygen atoms in total. The lowest BCUT2D eigenvalue weighted by Gasteiger charge is -2.12.